The number of esters is 1. The summed E-state index contributed by atoms with van der Waals surface area (Å²) in [6.45, 7) is 21.2. The Hall–Kier alpha value is -1.83. The van der Waals surface area contributed by atoms with Crippen LogP contribution in [0.2, 0.25) is 0 Å². The van der Waals surface area contributed by atoms with Gasteiger partial charge in [-0.2, -0.15) is 0 Å². The zero-order chi connectivity index (χ0) is 35.9. The topological polar surface area (TPSA) is 136 Å². The molecule has 2 unspecified atom stereocenters. The quantitative estimate of drug-likeness (QED) is 0.313. The maximum atomic E-state index is 14.6. The van der Waals surface area contributed by atoms with Gasteiger partial charge in [-0.1, -0.05) is 34.6 Å². The Bertz CT molecular complexity index is 1170. The number of Topliss-reactive ketones (excluding diaryl/α,β-unsaturated/α-hetero) is 1. The predicted molar refractivity (Wildman–Crippen MR) is 180 cm³/mol. The Morgan fingerprint density at radius 3 is 2.38 bits per heavy atom. The number of carbonyl (C=O) groups is 3. The van der Waals surface area contributed by atoms with Crippen molar-refractivity contribution in [3.63, 3.8) is 0 Å². The van der Waals surface area contributed by atoms with Crippen molar-refractivity contribution in [3.05, 3.63) is 0 Å². The molecular formula is C36H63N3O9. The van der Waals surface area contributed by atoms with Gasteiger partial charge in [0, 0.05) is 37.7 Å². The van der Waals surface area contributed by atoms with Gasteiger partial charge in [0.2, 0.25) is 0 Å². The number of hydrogen-bond acceptors (Lipinski definition) is 11. The monoisotopic (exact) mass is 681 g/mol. The second-order valence-electron chi connectivity index (χ2n) is 16.4. The van der Waals surface area contributed by atoms with Crippen LogP contribution in [0.1, 0.15) is 94.9 Å². The number of hydrogen-bond donors (Lipinski definition) is 2. The van der Waals surface area contributed by atoms with E-state index in [9.17, 15) is 19.5 Å². The highest BCUT2D eigenvalue weighted by molar-refractivity contribution is 6.04. The fourth-order valence-electron chi connectivity index (χ4n) is 8.84. The van der Waals surface area contributed by atoms with Crippen molar-refractivity contribution in [1.82, 2.24) is 15.1 Å². The van der Waals surface area contributed by atoms with Crippen molar-refractivity contribution in [1.29, 1.82) is 0 Å². The normalized spacial score (nSPS) is 45.2. The van der Waals surface area contributed by atoms with E-state index < -0.39 is 65.2 Å². The Morgan fingerprint density at radius 1 is 1.10 bits per heavy atom. The average molecular weight is 682 g/mol. The Morgan fingerprint density at radius 2 is 1.77 bits per heavy atom. The maximum Gasteiger partial charge on any atom is 0.408 e. The number of fused-ring (bicyclic) bond motifs is 10. The zero-order valence-corrected chi connectivity index (χ0v) is 31.4. The number of aliphatic hydroxyl groups excluding tert-OH is 1. The number of carbonyl (C=O) groups excluding carboxylic acids is 3. The van der Waals surface area contributed by atoms with E-state index in [0.717, 1.165) is 6.54 Å². The molecule has 0 aromatic rings. The molecule has 5 fully saturated rings. The van der Waals surface area contributed by atoms with Gasteiger partial charge < -0.3 is 39.0 Å². The first kappa shape index (κ1) is 39.0. The van der Waals surface area contributed by atoms with Crippen LogP contribution in [0, 0.1) is 23.2 Å². The van der Waals surface area contributed by atoms with Gasteiger partial charge in [0.05, 0.1) is 23.9 Å². The minimum absolute atomic E-state index is 0.0651. The third-order valence-electron chi connectivity index (χ3n) is 11.5. The molecule has 48 heavy (non-hydrogen) atoms. The largest absolute Gasteiger partial charge is 0.457 e. The summed E-state index contributed by atoms with van der Waals surface area (Å²) in [5.74, 6) is -1.40. The molecule has 2 N–H and O–H groups in total. The molecule has 0 aromatic heterocycles. The molecule has 1 amide bonds. The number of likely N-dealkylation sites (N-methyl/N-ethyl adjacent to an activating group) is 1. The third-order valence-corrected chi connectivity index (χ3v) is 11.5. The summed E-state index contributed by atoms with van der Waals surface area (Å²) in [4.78, 5) is 46.1. The van der Waals surface area contributed by atoms with Crippen LogP contribution >= 0.6 is 0 Å². The van der Waals surface area contributed by atoms with Gasteiger partial charge in [-0.3, -0.25) is 14.5 Å². The van der Waals surface area contributed by atoms with Crippen LogP contribution in [0.4, 0.5) is 4.79 Å². The molecule has 0 aliphatic carbocycles. The van der Waals surface area contributed by atoms with E-state index >= 15 is 0 Å². The number of nitrogens with zero attached hydrogens (tertiary/aromatic N) is 2. The summed E-state index contributed by atoms with van der Waals surface area (Å²) < 4.78 is 31.9. The van der Waals surface area contributed by atoms with Crippen LogP contribution in [0.15, 0.2) is 0 Å². The smallest absolute Gasteiger partial charge is 0.408 e. The highest BCUT2D eigenvalue weighted by Gasteiger charge is 2.59. The molecule has 12 nitrogen and oxygen atoms in total. The summed E-state index contributed by atoms with van der Waals surface area (Å²) in [5, 5.41) is 14.5. The van der Waals surface area contributed by atoms with Gasteiger partial charge in [0.1, 0.15) is 17.6 Å². The summed E-state index contributed by atoms with van der Waals surface area (Å²) >= 11 is 0. The van der Waals surface area contributed by atoms with E-state index in [2.05, 4.69) is 37.9 Å². The Balaban J connectivity index is 1.82. The molecule has 0 saturated carbocycles. The zero-order valence-electron chi connectivity index (χ0n) is 31.4. The summed E-state index contributed by atoms with van der Waals surface area (Å²) in [6.07, 6.45) is -2.66. The third kappa shape index (κ3) is 7.59. The van der Waals surface area contributed by atoms with Crippen LogP contribution in [-0.4, -0.2) is 127 Å². The van der Waals surface area contributed by atoms with Crippen LogP contribution in [0.5, 0.6) is 0 Å². The van der Waals surface area contributed by atoms with Crippen molar-refractivity contribution < 1.29 is 43.2 Å². The lowest BCUT2D eigenvalue weighted by molar-refractivity contribution is -0.300. The van der Waals surface area contributed by atoms with Gasteiger partial charge in [-0.05, 0) is 86.2 Å². The number of amides is 1. The van der Waals surface area contributed by atoms with Gasteiger partial charge in [-0.15, -0.1) is 0 Å². The van der Waals surface area contributed by atoms with E-state index in [-0.39, 0.29) is 42.9 Å². The van der Waals surface area contributed by atoms with Crippen molar-refractivity contribution in [2.45, 2.75) is 155 Å². The molecule has 0 spiro atoms. The van der Waals surface area contributed by atoms with Crippen molar-refractivity contribution in [3.8, 4) is 0 Å². The van der Waals surface area contributed by atoms with E-state index in [0.29, 0.717) is 31.7 Å². The molecule has 5 rings (SSSR count). The second kappa shape index (κ2) is 14.8. The second-order valence-corrected chi connectivity index (χ2v) is 16.4. The van der Waals surface area contributed by atoms with Crippen LogP contribution in [0.3, 0.4) is 0 Å². The minimum atomic E-state index is -1.55. The summed E-state index contributed by atoms with van der Waals surface area (Å²) in [5.41, 5.74) is -3.68. The molecule has 0 aromatic carbocycles. The molecule has 2 bridgehead atoms. The first-order chi connectivity index (χ1) is 22.3. The number of ether oxygens (including phenoxy) is 5. The molecule has 276 valence electrons. The average Bonchev–Trinajstić information content (AvgIpc) is 3.31. The van der Waals surface area contributed by atoms with Gasteiger partial charge >= 0.3 is 12.1 Å². The maximum absolute atomic E-state index is 14.6. The molecule has 5 aliphatic heterocycles. The lowest BCUT2D eigenvalue weighted by Gasteiger charge is -2.49. The molecule has 5 aliphatic rings. The highest BCUT2D eigenvalue weighted by Crippen LogP contribution is 2.43. The molecule has 12 heteroatoms. The highest BCUT2D eigenvalue weighted by atomic mass is 16.7. The van der Waals surface area contributed by atoms with E-state index in [1.165, 1.54) is 0 Å². The molecule has 13 atom stereocenters. The SMILES string of the molecule is CC[C@H]1OC(=O)[C@@]2(C)CCO[C@@](C)(C[C@@H](C)CN(CC(C)C)[C@H](C)[C@H]3NC(=O)O[C@@]31C)[C@H](O[C@@H]1O[C@H](C)CC(N(C)C)C1O)[C@@H](C)C2=O. The van der Waals surface area contributed by atoms with Crippen molar-refractivity contribution in [2.75, 3.05) is 33.8 Å². The first-order valence-corrected chi connectivity index (χ1v) is 18.1. The lowest BCUT2D eigenvalue weighted by Crippen LogP contribution is -2.61. The lowest BCUT2D eigenvalue weighted by atomic mass is 9.70. The fourth-order valence-corrected chi connectivity index (χ4v) is 8.84. The Kier molecular flexibility index (Phi) is 12.0. The van der Waals surface area contributed by atoms with Crippen LogP contribution in [0.25, 0.3) is 0 Å². The number of alkyl carbamates (subject to hydrolysis) is 1. The van der Waals surface area contributed by atoms with Crippen molar-refractivity contribution >= 4 is 17.8 Å². The first-order valence-electron chi connectivity index (χ1n) is 18.1. The number of rotatable bonds is 6. The fraction of sp³-hybridized carbons (Fsp3) is 0.917. The van der Waals surface area contributed by atoms with Crippen LogP contribution < -0.4 is 5.32 Å². The van der Waals surface area contributed by atoms with Gasteiger partial charge in [-0.25, -0.2) is 4.79 Å². The van der Waals surface area contributed by atoms with Gasteiger partial charge in [0.15, 0.2) is 17.7 Å². The molecule has 5 saturated heterocycles. The number of nitrogens with one attached hydrogen (secondary N) is 1. The predicted octanol–water partition coefficient (Wildman–Crippen LogP) is 3.76. The number of ketones is 1. The Labute approximate surface area is 287 Å². The van der Waals surface area contributed by atoms with E-state index in [1.807, 2.05) is 46.7 Å². The minimum Gasteiger partial charge on any atom is -0.457 e. The van der Waals surface area contributed by atoms with E-state index in [1.54, 1.807) is 13.8 Å². The van der Waals surface area contributed by atoms with Crippen molar-refractivity contribution in [2.24, 2.45) is 23.2 Å². The molecule has 5 heterocycles. The van der Waals surface area contributed by atoms with Crippen LogP contribution in [-0.2, 0) is 33.3 Å². The molecule has 0 radical (unpaired) electrons. The van der Waals surface area contributed by atoms with E-state index in [4.69, 9.17) is 23.7 Å². The summed E-state index contributed by atoms with van der Waals surface area (Å²) in [6, 6.07) is -0.845. The number of aliphatic hydroxyl groups is 1. The summed E-state index contributed by atoms with van der Waals surface area (Å²) in [7, 11) is 3.84. The molecular weight excluding hydrogens is 618 g/mol. The van der Waals surface area contributed by atoms with Gasteiger partial charge in [0.25, 0.3) is 0 Å². The standard InChI is InChI=1S/C36H63N3O9/c1-13-26-36(10)28(37-33(43)48-36)24(7)39(18-20(2)3)19-21(4)17-35(9)30(47-31-27(40)25(38(11)12)16-22(5)45-31)23(6)29(41)34(8,14-15-44-35)32(42)46-26/h20-28,30-31,40H,13-19H2,1-12H3,(H,37,43)/t21-,22-,23+,24-,25?,26-,27?,28-,30-,31+,34+,35+,36-/m1/s1.